The van der Waals surface area contributed by atoms with Gasteiger partial charge in [-0.2, -0.15) is 22.5 Å². The van der Waals surface area contributed by atoms with Gasteiger partial charge in [0.1, 0.15) is 0 Å². The smallest absolute Gasteiger partial charge is 0.289 e. The number of rotatable bonds is 6. The second-order valence-corrected chi connectivity index (χ2v) is 7.01. The van der Waals surface area contributed by atoms with E-state index < -0.39 is 33.9 Å². The molecular formula is C14H16F3N5O3S. The molecule has 0 fully saturated rings. The molecule has 2 aromatic rings. The summed E-state index contributed by atoms with van der Waals surface area (Å²) in [6.07, 6.45) is -4.73. The monoisotopic (exact) mass is 391 g/mol. The minimum absolute atomic E-state index is 0.0587. The van der Waals surface area contributed by atoms with Gasteiger partial charge in [-0.3, -0.25) is 15.2 Å². The van der Waals surface area contributed by atoms with Gasteiger partial charge in [0, 0.05) is 18.7 Å². The molecule has 1 amide bonds. The number of nitrogens with zero attached hydrogens (tertiary/aromatic N) is 3. The number of H-pyrrole nitrogens is 1. The number of alkyl halides is 3. The highest BCUT2D eigenvalue weighted by molar-refractivity contribution is 7.89. The first kappa shape index (κ1) is 19.8. The highest BCUT2D eigenvalue weighted by Gasteiger charge is 2.35. The molecule has 0 aliphatic heterocycles. The molecule has 0 aliphatic carbocycles. The molecule has 142 valence electrons. The van der Waals surface area contributed by atoms with Crippen LogP contribution in [-0.2, 0) is 16.2 Å². The number of amides is 1. The van der Waals surface area contributed by atoms with Crippen molar-refractivity contribution < 1.29 is 26.4 Å². The zero-order valence-electron chi connectivity index (χ0n) is 13.8. The van der Waals surface area contributed by atoms with Gasteiger partial charge in [0.2, 0.25) is 21.8 Å². The molecule has 0 unspecified atom stereocenters. The van der Waals surface area contributed by atoms with Crippen molar-refractivity contribution in [3.8, 4) is 0 Å². The van der Waals surface area contributed by atoms with E-state index in [2.05, 4.69) is 15.4 Å². The lowest BCUT2D eigenvalue weighted by Gasteiger charge is -2.18. The summed E-state index contributed by atoms with van der Waals surface area (Å²) in [5, 5.41) is 7.01. The first-order valence-electron chi connectivity index (χ1n) is 7.50. The van der Waals surface area contributed by atoms with Gasteiger partial charge in [-0.1, -0.05) is 19.9 Å². The predicted molar refractivity (Wildman–Crippen MR) is 85.9 cm³/mol. The normalized spacial score (nSPS) is 12.4. The van der Waals surface area contributed by atoms with Crippen molar-refractivity contribution in [1.82, 2.24) is 19.5 Å². The molecule has 8 nitrogen and oxygen atoms in total. The number of hydrogen-bond donors (Lipinski definition) is 2. The number of carbonyl (C=O) groups is 1. The Hall–Kier alpha value is -2.47. The quantitative estimate of drug-likeness (QED) is 0.784. The van der Waals surface area contributed by atoms with Crippen LogP contribution in [0.1, 0.15) is 30.0 Å². The summed E-state index contributed by atoms with van der Waals surface area (Å²) in [5.41, 5.74) is -0.0587. The minimum Gasteiger partial charge on any atom is -0.289 e. The van der Waals surface area contributed by atoms with E-state index in [0.29, 0.717) is 0 Å². The SMILES string of the molecule is CCN(CC)S(=O)(=O)c1cccc(C(=O)Nc2n[nH]c(C(F)(F)F)n2)c1. The Morgan fingerprint density at radius 2 is 1.92 bits per heavy atom. The molecule has 0 spiro atoms. The van der Waals surface area contributed by atoms with E-state index >= 15 is 0 Å². The molecule has 2 N–H and O–H groups in total. The molecule has 1 heterocycles. The van der Waals surface area contributed by atoms with Crippen LogP contribution in [0.2, 0.25) is 0 Å². The lowest BCUT2D eigenvalue weighted by atomic mass is 10.2. The molecular weight excluding hydrogens is 375 g/mol. The summed E-state index contributed by atoms with van der Waals surface area (Å²) in [7, 11) is -3.78. The third kappa shape index (κ3) is 4.19. The van der Waals surface area contributed by atoms with Gasteiger partial charge in [-0.05, 0) is 18.2 Å². The standard InChI is InChI=1S/C14H16F3N5O3S/c1-3-22(4-2)26(24,25)10-7-5-6-9(8-10)11(23)18-13-19-12(20-21-13)14(15,16)17/h5-8H,3-4H2,1-2H3,(H2,18,19,20,21,23). The lowest BCUT2D eigenvalue weighted by molar-refractivity contribution is -0.144. The van der Waals surface area contributed by atoms with Crippen molar-refractivity contribution in [1.29, 1.82) is 0 Å². The number of sulfonamides is 1. The Morgan fingerprint density at radius 1 is 1.27 bits per heavy atom. The van der Waals surface area contributed by atoms with Crippen LogP contribution < -0.4 is 5.32 Å². The molecule has 2 rings (SSSR count). The molecule has 0 radical (unpaired) electrons. The number of nitrogens with one attached hydrogen (secondary N) is 2. The van der Waals surface area contributed by atoms with Crippen molar-refractivity contribution in [2.75, 3.05) is 18.4 Å². The molecule has 0 bridgehead atoms. The van der Waals surface area contributed by atoms with E-state index in [1.165, 1.54) is 22.5 Å². The highest BCUT2D eigenvalue weighted by atomic mass is 32.2. The first-order valence-corrected chi connectivity index (χ1v) is 8.94. The number of benzene rings is 1. The topological polar surface area (TPSA) is 108 Å². The van der Waals surface area contributed by atoms with Gasteiger partial charge < -0.3 is 0 Å². The second-order valence-electron chi connectivity index (χ2n) is 5.08. The van der Waals surface area contributed by atoms with Crippen molar-refractivity contribution in [3.05, 3.63) is 35.7 Å². The van der Waals surface area contributed by atoms with Crippen LogP contribution in [0.25, 0.3) is 0 Å². The first-order chi connectivity index (χ1) is 12.1. The third-order valence-corrected chi connectivity index (χ3v) is 5.46. The van der Waals surface area contributed by atoms with Crippen LogP contribution in [0.5, 0.6) is 0 Å². The predicted octanol–water partition coefficient (Wildman–Crippen LogP) is 2.11. The van der Waals surface area contributed by atoms with E-state index in [1.807, 2.05) is 0 Å². The maximum atomic E-state index is 12.5. The van der Waals surface area contributed by atoms with Gasteiger partial charge in [0.05, 0.1) is 4.90 Å². The van der Waals surface area contributed by atoms with Crippen LogP contribution in [0.3, 0.4) is 0 Å². The summed E-state index contributed by atoms with van der Waals surface area (Å²) in [5.74, 6) is -2.76. The Morgan fingerprint density at radius 3 is 2.46 bits per heavy atom. The fourth-order valence-corrected chi connectivity index (χ4v) is 3.63. The Labute approximate surface area is 147 Å². The van der Waals surface area contributed by atoms with E-state index in [0.717, 1.165) is 6.07 Å². The third-order valence-electron chi connectivity index (χ3n) is 3.42. The number of aromatic nitrogens is 3. The molecule has 1 aromatic heterocycles. The van der Waals surface area contributed by atoms with Crippen LogP contribution in [-0.4, -0.2) is 46.9 Å². The van der Waals surface area contributed by atoms with Crippen LogP contribution in [0.4, 0.5) is 19.1 Å². The number of carbonyl (C=O) groups excluding carboxylic acids is 1. The zero-order chi connectivity index (χ0) is 19.5. The van der Waals surface area contributed by atoms with Crippen LogP contribution in [0.15, 0.2) is 29.2 Å². The highest BCUT2D eigenvalue weighted by Crippen LogP contribution is 2.26. The summed E-state index contributed by atoms with van der Waals surface area (Å²) in [6.45, 7) is 3.87. The fraction of sp³-hybridized carbons (Fsp3) is 0.357. The van der Waals surface area contributed by atoms with Gasteiger partial charge in [-0.15, -0.1) is 5.10 Å². The number of anilines is 1. The maximum absolute atomic E-state index is 12.5. The Bertz CT molecular complexity index is 891. The molecule has 0 saturated heterocycles. The number of halogens is 3. The number of hydrogen-bond acceptors (Lipinski definition) is 5. The summed E-state index contributed by atoms with van der Waals surface area (Å²) < 4.78 is 63.6. The van der Waals surface area contributed by atoms with Gasteiger partial charge in [-0.25, -0.2) is 8.42 Å². The molecule has 1 aromatic carbocycles. The maximum Gasteiger partial charge on any atom is 0.451 e. The van der Waals surface area contributed by atoms with Crippen molar-refractivity contribution in [2.24, 2.45) is 0 Å². The molecule has 0 atom stereocenters. The summed E-state index contributed by atoms with van der Waals surface area (Å²) in [4.78, 5) is 15.2. The Kier molecular flexibility index (Phi) is 5.66. The van der Waals surface area contributed by atoms with E-state index in [4.69, 9.17) is 0 Å². The van der Waals surface area contributed by atoms with Crippen molar-refractivity contribution in [2.45, 2.75) is 24.9 Å². The van der Waals surface area contributed by atoms with Gasteiger partial charge >= 0.3 is 6.18 Å². The minimum atomic E-state index is -4.73. The summed E-state index contributed by atoms with van der Waals surface area (Å²) in [6, 6.07) is 5.16. The molecule has 12 heteroatoms. The molecule has 26 heavy (non-hydrogen) atoms. The molecule has 0 saturated carbocycles. The van der Waals surface area contributed by atoms with E-state index in [-0.39, 0.29) is 23.5 Å². The Balaban J connectivity index is 2.24. The lowest BCUT2D eigenvalue weighted by Crippen LogP contribution is -2.30. The van der Waals surface area contributed by atoms with Crippen LogP contribution >= 0.6 is 0 Å². The van der Waals surface area contributed by atoms with Gasteiger partial charge in [0.15, 0.2) is 0 Å². The fourth-order valence-electron chi connectivity index (χ4n) is 2.13. The molecule has 0 aliphatic rings. The summed E-state index contributed by atoms with van der Waals surface area (Å²) >= 11 is 0. The average Bonchev–Trinajstić information content (AvgIpc) is 3.04. The van der Waals surface area contributed by atoms with E-state index in [1.54, 1.807) is 18.9 Å². The van der Waals surface area contributed by atoms with Crippen LogP contribution in [0, 0.1) is 0 Å². The second kappa shape index (κ2) is 7.41. The van der Waals surface area contributed by atoms with Crippen molar-refractivity contribution in [3.63, 3.8) is 0 Å². The number of aromatic amines is 1. The van der Waals surface area contributed by atoms with E-state index in [9.17, 15) is 26.4 Å². The van der Waals surface area contributed by atoms with Gasteiger partial charge in [0.25, 0.3) is 5.91 Å². The average molecular weight is 391 g/mol. The van der Waals surface area contributed by atoms with Crippen molar-refractivity contribution >= 4 is 21.9 Å². The largest absolute Gasteiger partial charge is 0.451 e. The zero-order valence-corrected chi connectivity index (χ0v) is 14.6.